The van der Waals surface area contributed by atoms with Gasteiger partial charge in [0.05, 0.1) is 0 Å². The topological polar surface area (TPSA) is 66.9 Å². The van der Waals surface area contributed by atoms with Gasteiger partial charge in [-0.3, -0.25) is 4.79 Å². The van der Waals surface area contributed by atoms with Gasteiger partial charge in [-0.2, -0.15) is 0 Å². The molecular weight excluding hydrogens is 348 g/mol. The van der Waals surface area contributed by atoms with Crippen LogP contribution in [-0.4, -0.2) is 15.8 Å². The number of anilines is 3. The molecule has 5 nitrogen and oxygen atoms in total. The summed E-state index contributed by atoms with van der Waals surface area (Å²) in [4.78, 5) is 20.3. The third kappa shape index (κ3) is 4.80. The molecule has 1 heterocycles. The highest BCUT2D eigenvalue weighted by atomic mass is 35.5. The zero-order valence-electron chi connectivity index (χ0n) is 14.6. The van der Waals surface area contributed by atoms with Gasteiger partial charge in [0, 0.05) is 28.9 Å². The van der Waals surface area contributed by atoms with E-state index in [0.29, 0.717) is 28.8 Å². The second-order valence-corrected chi connectivity index (χ2v) is 6.36. The van der Waals surface area contributed by atoms with E-state index in [1.807, 2.05) is 49.4 Å². The van der Waals surface area contributed by atoms with Crippen molar-refractivity contribution >= 4 is 34.7 Å². The lowest BCUT2D eigenvalue weighted by molar-refractivity contribution is 0.101. The van der Waals surface area contributed by atoms with E-state index in [0.717, 1.165) is 17.1 Å². The number of hydrogen-bond donors (Lipinski definition) is 2. The Kier molecular flexibility index (Phi) is 5.49. The van der Waals surface area contributed by atoms with Crippen molar-refractivity contribution < 1.29 is 4.79 Å². The molecule has 0 aliphatic rings. The van der Waals surface area contributed by atoms with Crippen LogP contribution < -0.4 is 10.6 Å². The SMILES string of the molecule is CC(=O)c1cccc(Nc2cc(NCc3ccc(Cl)cc3)nc(C)n2)c1. The summed E-state index contributed by atoms with van der Waals surface area (Å²) >= 11 is 5.91. The number of aryl methyl sites for hydroxylation is 1. The van der Waals surface area contributed by atoms with Crippen LogP contribution >= 0.6 is 11.6 Å². The Labute approximate surface area is 157 Å². The lowest BCUT2D eigenvalue weighted by Gasteiger charge is -2.11. The molecule has 0 saturated heterocycles. The second-order valence-electron chi connectivity index (χ2n) is 5.93. The molecule has 0 amide bonds. The van der Waals surface area contributed by atoms with E-state index in [9.17, 15) is 4.79 Å². The van der Waals surface area contributed by atoms with Crippen LogP contribution in [0.2, 0.25) is 5.02 Å². The third-order valence-electron chi connectivity index (χ3n) is 3.77. The van der Waals surface area contributed by atoms with Crippen LogP contribution in [-0.2, 0) is 6.54 Å². The van der Waals surface area contributed by atoms with Gasteiger partial charge in [-0.15, -0.1) is 0 Å². The number of benzene rings is 2. The van der Waals surface area contributed by atoms with Gasteiger partial charge < -0.3 is 10.6 Å². The molecule has 0 aliphatic heterocycles. The first-order chi connectivity index (χ1) is 12.5. The number of ketones is 1. The van der Waals surface area contributed by atoms with E-state index in [2.05, 4.69) is 20.6 Å². The number of halogens is 1. The molecule has 132 valence electrons. The van der Waals surface area contributed by atoms with Crippen LogP contribution in [0.3, 0.4) is 0 Å². The van der Waals surface area contributed by atoms with Gasteiger partial charge in [0.2, 0.25) is 0 Å². The molecule has 3 aromatic rings. The van der Waals surface area contributed by atoms with Crippen molar-refractivity contribution in [2.24, 2.45) is 0 Å². The predicted molar refractivity (Wildman–Crippen MR) is 105 cm³/mol. The fraction of sp³-hybridized carbons (Fsp3) is 0.150. The number of nitrogens with zero attached hydrogens (tertiary/aromatic N) is 2. The Balaban J connectivity index is 1.74. The molecule has 0 spiro atoms. The monoisotopic (exact) mass is 366 g/mol. The quantitative estimate of drug-likeness (QED) is 0.601. The van der Waals surface area contributed by atoms with Crippen molar-refractivity contribution in [3.8, 4) is 0 Å². The molecular formula is C20H19ClN4O. The molecule has 3 rings (SSSR count). The van der Waals surface area contributed by atoms with Crippen molar-refractivity contribution in [2.45, 2.75) is 20.4 Å². The summed E-state index contributed by atoms with van der Waals surface area (Å²) in [7, 11) is 0. The minimum absolute atomic E-state index is 0.0258. The normalized spacial score (nSPS) is 10.4. The number of carbonyl (C=O) groups excluding carboxylic acids is 1. The van der Waals surface area contributed by atoms with Gasteiger partial charge in [-0.25, -0.2) is 9.97 Å². The fourth-order valence-electron chi connectivity index (χ4n) is 2.48. The number of Topliss-reactive ketones (excluding diaryl/α,β-unsaturated/α-hetero) is 1. The molecule has 26 heavy (non-hydrogen) atoms. The average molecular weight is 367 g/mol. The minimum atomic E-state index is 0.0258. The van der Waals surface area contributed by atoms with Crippen LogP contribution in [0.25, 0.3) is 0 Å². The minimum Gasteiger partial charge on any atom is -0.366 e. The highest BCUT2D eigenvalue weighted by Gasteiger charge is 2.05. The molecule has 6 heteroatoms. The predicted octanol–water partition coefficient (Wildman–Crippen LogP) is 5.00. The zero-order chi connectivity index (χ0) is 18.5. The van der Waals surface area contributed by atoms with Gasteiger partial charge in [-0.1, -0.05) is 35.9 Å². The Morgan fingerprint density at radius 1 is 1.04 bits per heavy atom. The standard InChI is InChI=1S/C20H19ClN4O/c1-13(26)16-4-3-5-18(10-16)25-20-11-19(23-14(2)24-20)22-12-15-6-8-17(21)9-7-15/h3-11H,12H2,1-2H3,(H2,22,23,24,25). The Hall–Kier alpha value is -2.92. The van der Waals surface area contributed by atoms with Crippen LogP contribution in [0.1, 0.15) is 28.7 Å². The third-order valence-corrected chi connectivity index (χ3v) is 4.02. The smallest absolute Gasteiger partial charge is 0.159 e. The maximum atomic E-state index is 11.5. The summed E-state index contributed by atoms with van der Waals surface area (Å²) in [5, 5.41) is 7.23. The van der Waals surface area contributed by atoms with Gasteiger partial charge in [0.25, 0.3) is 0 Å². The summed E-state index contributed by atoms with van der Waals surface area (Å²) in [5.41, 5.74) is 2.57. The molecule has 0 saturated carbocycles. The molecule has 0 aliphatic carbocycles. The Bertz CT molecular complexity index is 925. The number of aromatic nitrogens is 2. The van der Waals surface area contributed by atoms with E-state index in [1.54, 1.807) is 19.1 Å². The van der Waals surface area contributed by atoms with E-state index in [-0.39, 0.29) is 5.78 Å². The van der Waals surface area contributed by atoms with Gasteiger partial charge in [0.15, 0.2) is 5.78 Å². The first kappa shape index (κ1) is 17.9. The largest absolute Gasteiger partial charge is 0.366 e. The summed E-state index contributed by atoms with van der Waals surface area (Å²) in [6, 6.07) is 16.8. The maximum Gasteiger partial charge on any atom is 0.159 e. The first-order valence-electron chi connectivity index (χ1n) is 8.21. The van der Waals surface area contributed by atoms with Crippen LogP contribution in [0.15, 0.2) is 54.6 Å². The number of nitrogens with one attached hydrogen (secondary N) is 2. The molecule has 0 radical (unpaired) electrons. The van der Waals surface area contributed by atoms with Gasteiger partial charge in [0.1, 0.15) is 17.5 Å². The van der Waals surface area contributed by atoms with E-state index < -0.39 is 0 Å². The van der Waals surface area contributed by atoms with Crippen LogP contribution in [0.5, 0.6) is 0 Å². The Morgan fingerprint density at radius 3 is 2.50 bits per heavy atom. The highest BCUT2D eigenvalue weighted by Crippen LogP contribution is 2.19. The second kappa shape index (κ2) is 7.97. The van der Waals surface area contributed by atoms with E-state index in [1.165, 1.54) is 0 Å². The van der Waals surface area contributed by atoms with Crippen LogP contribution in [0, 0.1) is 6.92 Å². The summed E-state index contributed by atoms with van der Waals surface area (Å²) in [5.74, 6) is 2.06. The first-order valence-corrected chi connectivity index (χ1v) is 8.59. The summed E-state index contributed by atoms with van der Waals surface area (Å²) in [6.45, 7) is 4.02. The van der Waals surface area contributed by atoms with Crippen molar-refractivity contribution in [3.63, 3.8) is 0 Å². The fourth-order valence-corrected chi connectivity index (χ4v) is 2.61. The lowest BCUT2D eigenvalue weighted by Crippen LogP contribution is -2.05. The zero-order valence-corrected chi connectivity index (χ0v) is 15.3. The van der Waals surface area contributed by atoms with Crippen molar-refractivity contribution in [1.82, 2.24) is 9.97 Å². The molecule has 0 unspecified atom stereocenters. The van der Waals surface area contributed by atoms with Crippen molar-refractivity contribution in [2.75, 3.05) is 10.6 Å². The molecule has 0 atom stereocenters. The Morgan fingerprint density at radius 2 is 1.77 bits per heavy atom. The molecule has 0 fully saturated rings. The number of hydrogen-bond acceptors (Lipinski definition) is 5. The van der Waals surface area contributed by atoms with Crippen molar-refractivity contribution in [1.29, 1.82) is 0 Å². The van der Waals surface area contributed by atoms with Crippen LogP contribution in [0.4, 0.5) is 17.3 Å². The molecule has 2 N–H and O–H groups in total. The van der Waals surface area contributed by atoms with Gasteiger partial charge >= 0.3 is 0 Å². The lowest BCUT2D eigenvalue weighted by atomic mass is 10.1. The van der Waals surface area contributed by atoms with Gasteiger partial charge in [-0.05, 0) is 43.7 Å². The molecule has 1 aromatic heterocycles. The molecule has 2 aromatic carbocycles. The number of carbonyl (C=O) groups is 1. The summed E-state index contributed by atoms with van der Waals surface area (Å²) in [6.07, 6.45) is 0. The summed E-state index contributed by atoms with van der Waals surface area (Å²) < 4.78 is 0. The van der Waals surface area contributed by atoms with E-state index in [4.69, 9.17) is 11.6 Å². The maximum absolute atomic E-state index is 11.5. The highest BCUT2D eigenvalue weighted by molar-refractivity contribution is 6.30. The average Bonchev–Trinajstić information content (AvgIpc) is 2.61. The molecule has 0 bridgehead atoms. The van der Waals surface area contributed by atoms with E-state index >= 15 is 0 Å². The van der Waals surface area contributed by atoms with Crippen molar-refractivity contribution in [3.05, 3.63) is 76.6 Å². The number of rotatable bonds is 6.